The van der Waals surface area contributed by atoms with Crippen molar-refractivity contribution in [2.75, 3.05) is 18.9 Å². The summed E-state index contributed by atoms with van der Waals surface area (Å²) in [5, 5.41) is 9.41. The lowest BCUT2D eigenvalue weighted by molar-refractivity contribution is 0.0637. The molecule has 1 aliphatic carbocycles. The van der Waals surface area contributed by atoms with E-state index in [0.29, 0.717) is 12.1 Å². The summed E-state index contributed by atoms with van der Waals surface area (Å²) in [5.74, 6) is 0.0724. The Kier molecular flexibility index (Phi) is 4.61. The molecule has 1 aromatic rings. The predicted octanol–water partition coefficient (Wildman–Crippen LogP) is 1.69. The first-order valence-corrected chi connectivity index (χ1v) is 6.84. The second-order valence-corrected chi connectivity index (χ2v) is 5.16. The number of aliphatic hydroxyl groups excluding tert-OH is 1. The zero-order valence-corrected chi connectivity index (χ0v) is 11.4. The van der Waals surface area contributed by atoms with Crippen LogP contribution in [0, 0.1) is 0 Å². The number of aliphatic hydroxyl groups is 1. The van der Waals surface area contributed by atoms with Gasteiger partial charge in [-0.1, -0.05) is 24.4 Å². The van der Waals surface area contributed by atoms with Crippen LogP contribution in [0.15, 0.2) is 12.3 Å². The third-order valence-electron chi connectivity index (χ3n) is 3.48. The van der Waals surface area contributed by atoms with Crippen LogP contribution in [0.2, 0.25) is 5.02 Å². The maximum atomic E-state index is 12.5. The molecule has 1 saturated carbocycles. The van der Waals surface area contributed by atoms with Gasteiger partial charge in [-0.25, -0.2) is 4.98 Å². The highest BCUT2D eigenvalue weighted by molar-refractivity contribution is 6.33. The minimum absolute atomic E-state index is 0.0433. The van der Waals surface area contributed by atoms with Crippen LogP contribution in [0.5, 0.6) is 0 Å². The number of nitrogens with two attached hydrogens (primary N) is 1. The van der Waals surface area contributed by atoms with Crippen molar-refractivity contribution in [1.82, 2.24) is 9.88 Å². The Bertz CT molecular complexity index is 461. The van der Waals surface area contributed by atoms with E-state index >= 15 is 0 Å². The fraction of sp³-hybridized carbons (Fsp3) is 0.538. The van der Waals surface area contributed by atoms with Crippen molar-refractivity contribution in [2.45, 2.75) is 31.7 Å². The Morgan fingerprint density at radius 1 is 1.53 bits per heavy atom. The molecule has 0 atom stereocenters. The Morgan fingerprint density at radius 2 is 2.21 bits per heavy atom. The first-order valence-electron chi connectivity index (χ1n) is 6.46. The number of nitrogen functional groups attached to an aromatic ring is 1. The molecular formula is C13H18ClN3O2. The van der Waals surface area contributed by atoms with E-state index in [2.05, 4.69) is 4.98 Å². The highest BCUT2D eigenvalue weighted by Gasteiger charge is 2.27. The van der Waals surface area contributed by atoms with Crippen LogP contribution < -0.4 is 5.73 Å². The van der Waals surface area contributed by atoms with Crippen molar-refractivity contribution in [1.29, 1.82) is 0 Å². The highest BCUT2D eigenvalue weighted by atomic mass is 35.5. The molecule has 0 bridgehead atoms. The van der Waals surface area contributed by atoms with Gasteiger partial charge >= 0.3 is 0 Å². The number of nitrogens with zero attached hydrogens (tertiary/aromatic N) is 2. The smallest absolute Gasteiger partial charge is 0.255 e. The molecule has 0 aromatic carbocycles. The van der Waals surface area contributed by atoms with E-state index in [-0.39, 0.29) is 29.4 Å². The van der Waals surface area contributed by atoms with Gasteiger partial charge in [0.15, 0.2) is 0 Å². The Balaban J connectivity index is 2.20. The van der Waals surface area contributed by atoms with Gasteiger partial charge < -0.3 is 15.7 Å². The average Bonchev–Trinajstić information content (AvgIpc) is 2.92. The summed E-state index contributed by atoms with van der Waals surface area (Å²) in [6.45, 7) is 0.296. The van der Waals surface area contributed by atoms with Crippen molar-refractivity contribution >= 4 is 23.3 Å². The molecule has 1 aromatic heterocycles. The first-order chi connectivity index (χ1) is 9.13. The summed E-state index contributed by atoms with van der Waals surface area (Å²) in [7, 11) is 0. The van der Waals surface area contributed by atoms with E-state index < -0.39 is 0 Å². The first kappa shape index (κ1) is 14.1. The van der Waals surface area contributed by atoms with Crippen molar-refractivity contribution in [3.05, 3.63) is 22.8 Å². The van der Waals surface area contributed by atoms with Crippen LogP contribution in [-0.2, 0) is 0 Å². The molecule has 5 nitrogen and oxygen atoms in total. The fourth-order valence-corrected chi connectivity index (χ4v) is 2.67. The molecule has 1 aliphatic rings. The number of carbonyl (C=O) groups excluding carboxylic acids is 1. The van der Waals surface area contributed by atoms with E-state index in [1.54, 1.807) is 4.90 Å². The van der Waals surface area contributed by atoms with Crippen molar-refractivity contribution in [3.8, 4) is 0 Å². The summed E-state index contributed by atoms with van der Waals surface area (Å²) in [5.41, 5.74) is 5.95. The van der Waals surface area contributed by atoms with Crippen molar-refractivity contribution in [2.24, 2.45) is 0 Å². The van der Waals surface area contributed by atoms with Crippen LogP contribution in [-0.4, -0.2) is 40.1 Å². The quantitative estimate of drug-likeness (QED) is 0.881. The molecule has 19 heavy (non-hydrogen) atoms. The molecule has 104 valence electrons. The summed E-state index contributed by atoms with van der Waals surface area (Å²) in [6, 6.07) is 1.74. The molecule has 1 fully saturated rings. The van der Waals surface area contributed by atoms with Crippen LogP contribution >= 0.6 is 11.6 Å². The summed E-state index contributed by atoms with van der Waals surface area (Å²) in [4.78, 5) is 18.1. The van der Waals surface area contributed by atoms with Crippen LogP contribution in [0.1, 0.15) is 36.0 Å². The maximum absolute atomic E-state index is 12.5. The zero-order chi connectivity index (χ0) is 13.8. The molecule has 0 saturated heterocycles. The summed E-state index contributed by atoms with van der Waals surface area (Å²) in [6.07, 6.45) is 5.66. The molecule has 1 heterocycles. The lowest BCUT2D eigenvalue weighted by Crippen LogP contribution is -2.40. The average molecular weight is 284 g/mol. The molecule has 3 N–H and O–H groups in total. The van der Waals surface area contributed by atoms with Gasteiger partial charge in [0, 0.05) is 18.8 Å². The second kappa shape index (κ2) is 6.21. The van der Waals surface area contributed by atoms with E-state index in [1.165, 1.54) is 12.3 Å². The maximum Gasteiger partial charge on any atom is 0.255 e. The number of rotatable bonds is 4. The number of carbonyl (C=O) groups is 1. The normalized spacial score (nSPS) is 15.7. The lowest BCUT2D eigenvalue weighted by Gasteiger charge is -2.28. The predicted molar refractivity (Wildman–Crippen MR) is 74.0 cm³/mol. The number of amides is 1. The molecule has 0 spiro atoms. The number of pyridine rings is 1. The van der Waals surface area contributed by atoms with Gasteiger partial charge in [0.1, 0.15) is 5.82 Å². The molecule has 0 aliphatic heterocycles. The summed E-state index contributed by atoms with van der Waals surface area (Å²) >= 11 is 5.89. The molecule has 1 amide bonds. The minimum Gasteiger partial charge on any atom is -0.395 e. The van der Waals surface area contributed by atoms with Gasteiger partial charge in [-0.2, -0.15) is 0 Å². The topological polar surface area (TPSA) is 79.5 Å². The van der Waals surface area contributed by atoms with E-state index in [9.17, 15) is 4.79 Å². The Morgan fingerprint density at radius 3 is 2.79 bits per heavy atom. The molecule has 0 radical (unpaired) electrons. The minimum atomic E-state index is -0.143. The van der Waals surface area contributed by atoms with E-state index in [1.807, 2.05) is 0 Å². The van der Waals surface area contributed by atoms with Gasteiger partial charge in [0.05, 0.1) is 17.2 Å². The SMILES string of the molecule is Nc1ncc(C(=O)N(CCO)C2CCCC2)cc1Cl. The van der Waals surface area contributed by atoms with Gasteiger partial charge in [-0.3, -0.25) is 4.79 Å². The lowest BCUT2D eigenvalue weighted by atomic mass is 10.1. The van der Waals surface area contributed by atoms with Gasteiger partial charge in [-0.15, -0.1) is 0 Å². The van der Waals surface area contributed by atoms with E-state index in [4.69, 9.17) is 22.4 Å². The number of hydrogen-bond donors (Lipinski definition) is 2. The third kappa shape index (κ3) is 3.16. The number of aromatic nitrogens is 1. The van der Waals surface area contributed by atoms with E-state index in [0.717, 1.165) is 25.7 Å². The summed E-state index contributed by atoms with van der Waals surface area (Å²) < 4.78 is 0. The van der Waals surface area contributed by atoms with Gasteiger partial charge in [0.25, 0.3) is 5.91 Å². The molecular weight excluding hydrogens is 266 g/mol. The third-order valence-corrected chi connectivity index (χ3v) is 3.79. The second-order valence-electron chi connectivity index (χ2n) is 4.75. The van der Waals surface area contributed by atoms with Crippen molar-refractivity contribution in [3.63, 3.8) is 0 Å². The van der Waals surface area contributed by atoms with Gasteiger partial charge in [-0.05, 0) is 18.9 Å². The van der Waals surface area contributed by atoms with Crippen LogP contribution in [0.4, 0.5) is 5.82 Å². The Hall–Kier alpha value is -1.33. The van der Waals surface area contributed by atoms with Crippen LogP contribution in [0.25, 0.3) is 0 Å². The van der Waals surface area contributed by atoms with Gasteiger partial charge in [0.2, 0.25) is 0 Å². The number of hydrogen-bond acceptors (Lipinski definition) is 4. The molecule has 2 rings (SSSR count). The standard InChI is InChI=1S/C13H18ClN3O2/c14-11-7-9(8-16-12(11)15)13(19)17(5-6-18)10-3-1-2-4-10/h7-8,10,18H,1-6H2,(H2,15,16). The highest BCUT2D eigenvalue weighted by Crippen LogP contribution is 2.25. The van der Waals surface area contributed by atoms with Crippen LogP contribution in [0.3, 0.4) is 0 Å². The Labute approximate surface area is 117 Å². The molecule has 0 unspecified atom stereocenters. The number of anilines is 1. The number of halogens is 1. The fourth-order valence-electron chi connectivity index (χ4n) is 2.50. The zero-order valence-electron chi connectivity index (χ0n) is 10.7. The molecule has 6 heteroatoms. The monoisotopic (exact) mass is 283 g/mol. The largest absolute Gasteiger partial charge is 0.395 e. The van der Waals surface area contributed by atoms with Crippen molar-refractivity contribution < 1.29 is 9.90 Å².